The largest absolute Gasteiger partial charge is 0.394 e. The van der Waals surface area contributed by atoms with Crippen molar-refractivity contribution >= 4 is 0 Å². The Kier molecular flexibility index (Phi) is 5.12. The van der Waals surface area contributed by atoms with Gasteiger partial charge in [-0.3, -0.25) is 0 Å². The zero-order valence-electron chi connectivity index (χ0n) is 11.9. The van der Waals surface area contributed by atoms with Crippen LogP contribution in [0.5, 0.6) is 0 Å². The molecule has 1 heterocycles. The average Bonchev–Trinajstić information content (AvgIpc) is 2.81. The molecule has 5 heteroatoms. The molecule has 112 valence electrons. The summed E-state index contributed by atoms with van der Waals surface area (Å²) in [4.78, 5) is 0. The quantitative estimate of drug-likeness (QED) is 0.817. The van der Waals surface area contributed by atoms with Gasteiger partial charge in [0.2, 0.25) is 0 Å². The Balaban J connectivity index is 1.88. The van der Waals surface area contributed by atoms with Crippen LogP contribution in [0.25, 0.3) is 0 Å². The minimum Gasteiger partial charge on any atom is -0.394 e. The first-order valence-corrected chi connectivity index (χ1v) is 6.78. The van der Waals surface area contributed by atoms with E-state index in [1.165, 1.54) is 0 Å². The van der Waals surface area contributed by atoms with E-state index in [0.29, 0.717) is 13.2 Å². The number of aliphatic hydroxyl groups excluding tert-OH is 2. The van der Waals surface area contributed by atoms with Gasteiger partial charge in [-0.2, -0.15) is 0 Å². The van der Waals surface area contributed by atoms with Gasteiger partial charge >= 0.3 is 0 Å². The first-order valence-electron chi connectivity index (χ1n) is 6.78. The molecule has 3 atom stereocenters. The fourth-order valence-corrected chi connectivity index (χ4v) is 2.16. The molecule has 2 rings (SSSR count). The standard InChI is InChI=1S/C15H22O5/c1-15(2)19-10-13(20-15)14(17)12(8-16)18-9-11-6-4-3-5-7-11/h3-7,12-14,16-17H,8-10H2,1-2H3/t12-,13-,14+/m1/s1. The first kappa shape index (κ1) is 15.4. The second-order valence-electron chi connectivity index (χ2n) is 5.38. The molecule has 0 aliphatic carbocycles. The van der Waals surface area contributed by atoms with Crippen molar-refractivity contribution < 1.29 is 24.4 Å². The summed E-state index contributed by atoms with van der Waals surface area (Å²) in [5.74, 6) is -0.703. The molecule has 0 saturated carbocycles. The molecule has 0 spiro atoms. The Labute approximate surface area is 119 Å². The third kappa shape index (κ3) is 4.01. The molecule has 2 N–H and O–H groups in total. The summed E-state index contributed by atoms with van der Waals surface area (Å²) in [7, 11) is 0. The minimum absolute atomic E-state index is 0.270. The maximum absolute atomic E-state index is 10.2. The van der Waals surface area contributed by atoms with Crippen LogP contribution in [0.15, 0.2) is 30.3 Å². The molecule has 0 radical (unpaired) electrons. The molecule has 0 unspecified atom stereocenters. The van der Waals surface area contributed by atoms with Crippen LogP contribution in [0, 0.1) is 0 Å². The molecule has 20 heavy (non-hydrogen) atoms. The van der Waals surface area contributed by atoms with Gasteiger partial charge in [-0.05, 0) is 19.4 Å². The molecule has 0 amide bonds. The van der Waals surface area contributed by atoms with Crippen molar-refractivity contribution in [2.45, 2.75) is 44.6 Å². The van der Waals surface area contributed by atoms with E-state index in [2.05, 4.69) is 0 Å². The Morgan fingerprint density at radius 3 is 2.60 bits per heavy atom. The number of rotatable bonds is 6. The number of aliphatic hydroxyl groups is 2. The summed E-state index contributed by atoms with van der Waals surface area (Å²) in [6.45, 7) is 3.94. The highest BCUT2D eigenvalue weighted by Gasteiger charge is 2.40. The van der Waals surface area contributed by atoms with Crippen LogP contribution in [0.4, 0.5) is 0 Å². The predicted octanol–water partition coefficient (Wildman–Crippen LogP) is 1.08. The van der Waals surface area contributed by atoms with E-state index in [-0.39, 0.29) is 6.61 Å². The molecule has 1 aliphatic heterocycles. The molecule has 1 saturated heterocycles. The van der Waals surface area contributed by atoms with E-state index < -0.39 is 24.1 Å². The molecule has 1 aliphatic rings. The lowest BCUT2D eigenvalue weighted by molar-refractivity contribution is -0.169. The van der Waals surface area contributed by atoms with Crippen LogP contribution in [0.3, 0.4) is 0 Å². The molecule has 5 nitrogen and oxygen atoms in total. The van der Waals surface area contributed by atoms with Gasteiger partial charge in [0.15, 0.2) is 5.79 Å². The lowest BCUT2D eigenvalue weighted by Gasteiger charge is -2.26. The zero-order valence-corrected chi connectivity index (χ0v) is 11.9. The molecule has 1 aromatic rings. The average molecular weight is 282 g/mol. The molecule has 0 bridgehead atoms. The zero-order chi connectivity index (χ0) is 14.6. The second kappa shape index (κ2) is 6.65. The third-order valence-electron chi connectivity index (χ3n) is 3.28. The summed E-state index contributed by atoms with van der Waals surface area (Å²) in [6.07, 6.45) is -2.11. The predicted molar refractivity (Wildman–Crippen MR) is 73.0 cm³/mol. The summed E-state index contributed by atoms with van der Waals surface area (Å²) in [5, 5.41) is 19.6. The van der Waals surface area contributed by atoms with Crippen LogP contribution in [-0.2, 0) is 20.8 Å². The van der Waals surface area contributed by atoms with Gasteiger partial charge < -0.3 is 24.4 Å². The Morgan fingerprint density at radius 1 is 1.35 bits per heavy atom. The van der Waals surface area contributed by atoms with E-state index in [9.17, 15) is 10.2 Å². The van der Waals surface area contributed by atoms with Crippen LogP contribution in [0.1, 0.15) is 19.4 Å². The van der Waals surface area contributed by atoms with Gasteiger partial charge in [-0.25, -0.2) is 0 Å². The van der Waals surface area contributed by atoms with E-state index in [4.69, 9.17) is 14.2 Å². The van der Waals surface area contributed by atoms with Crippen molar-refractivity contribution in [2.24, 2.45) is 0 Å². The summed E-state index contributed by atoms with van der Waals surface area (Å²) < 4.78 is 16.6. The van der Waals surface area contributed by atoms with Crippen molar-refractivity contribution in [3.63, 3.8) is 0 Å². The lowest BCUT2D eigenvalue weighted by atomic mass is 10.1. The number of ether oxygens (including phenoxy) is 3. The van der Waals surface area contributed by atoms with Gasteiger partial charge in [0.05, 0.1) is 19.8 Å². The van der Waals surface area contributed by atoms with Crippen LogP contribution >= 0.6 is 0 Å². The van der Waals surface area contributed by atoms with Crippen LogP contribution in [-0.4, -0.2) is 47.5 Å². The number of hydrogen-bond donors (Lipinski definition) is 2. The molecular weight excluding hydrogens is 260 g/mol. The third-order valence-corrected chi connectivity index (χ3v) is 3.28. The molecule has 1 fully saturated rings. The fraction of sp³-hybridized carbons (Fsp3) is 0.600. The summed E-state index contributed by atoms with van der Waals surface area (Å²) in [6, 6.07) is 9.62. The monoisotopic (exact) mass is 282 g/mol. The topological polar surface area (TPSA) is 68.2 Å². The molecular formula is C15H22O5. The lowest BCUT2D eigenvalue weighted by Crippen LogP contribution is -2.43. The summed E-state index contributed by atoms with van der Waals surface area (Å²) in [5.41, 5.74) is 0.988. The highest BCUT2D eigenvalue weighted by Crippen LogP contribution is 2.26. The van der Waals surface area contributed by atoms with Gasteiger partial charge in [-0.15, -0.1) is 0 Å². The normalized spacial score (nSPS) is 24.5. The van der Waals surface area contributed by atoms with E-state index in [1.807, 2.05) is 30.3 Å². The first-order chi connectivity index (χ1) is 9.52. The van der Waals surface area contributed by atoms with Gasteiger partial charge in [-0.1, -0.05) is 30.3 Å². The maximum atomic E-state index is 10.2. The second-order valence-corrected chi connectivity index (χ2v) is 5.38. The SMILES string of the molecule is CC1(C)OC[C@H]([C@@H](O)[C@@H](CO)OCc2ccccc2)O1. The van der Waals surface area contributed by atoms with Crippen molar-refractivity contribution in [3.05, 3.63) is 35.9 Å². The molecule has 0 aromatic heterocycles. The van der Waals surface area contributed by atoms with Gasteiger partial charge in [0.1, 0.15) is 18.3 Å². The van der Waals surface area contributed by atoms with Crippen molar-refractivity contribution in [1.82, 2.24) is 0 Å². The van der Waals surface area contributed by atoms with Crippen molar-refractivity contribution in [2.75, 3.05) is 13.2 Å². The number of hydrogen-bond acceptors (Lipinski definition) is 5. The highest BCUT2D eigenvalue weighted by atomic mass is 16.7. The van der Waals surface area contributed by atoms with Gasteiger partial charge in [0, 0.05) is 0 Å². The van der Waals surface area contributed by atoms with E-state index in [0.717, 1.165) is 5.56 Å². The van der Waals surface area contributed by atoms with Crippen LogP contribution < -0.4 is 0 Å². The van der Waals surface area contributed by atoms with E-state index >= 15 is 0 Å². The van der Waals surface area contributed by atoms with Crippen molar-refractivity contribution in [1.29, 1.82) is 0 Å². The maximum Gasteiger partial charge on any atom is 0.163 e. The Hall–Kier alpha value is -0.980. The van der Waals surface area contributed by atoms with Crippen molar-refractivity contribution in [3.8, 4) is 0 Å². The smallest absolute Gasteiger partial charge is 0.163 e. The van der Waals surface area contributed by atoms with E-state index in [1.54, 1.807) is 13.8 Å². The highest BCUT2D eigenvalue weighted by molar-refractivity contribution is 5.13. The number of benzene rings is 1. The Bertz CT molecular complexity index is 406. The summed E-state index contributed by atoms with van der Waals surface area (Å²) >= 11 is 0. The molecule has 1 aromatic carbocycles. The minimum atomic E-state index is -0.925. The van der Waals surface area contributed by atoms with Gasteiger partial charge in [0.25, 0.3) is 0 Å². The Morgan fingerprint density at radius 2 is 2.05 bits per heavy atom. The fourth-order valence-electron chi connectivity index (χ4n) is 2.16. The van der Waals surface area contributed by atoms with Crippen LogP contribution in [0.2, 0.25) is 0 Å².